The predicted molar refractivity (Wildman–Crippen MR) is 78.0 cm³/mol. The Morgan fingerprint density at radius 1 is 1.37 bits per heavy atom. The van der Waals surface area contributed by atoms with Crippen molar-refractivity contribution in [1.82, 2.24) is 9.88 Å². The topological polar surface area (TPSA) is 42.1 Å². The molecule has 0 bridgehead atoms. The zero-order chi connectivity index (χ0) is 13.6. The van der Waals surface area contributed by atoms with E-state index in [1.165, 1.54) is 42.8 Å². The Morgan fingerprint density at radius 3 is 2.68 bits per heavy atom. The second-order valence-electron chi connectivity index (χ2n) is 6.70. The molecule has 0 amide bonds. The van der Waals surface area contributed by atoms with E-state index in [-0.39, 0.29) is 11.5 Å². The van der Waals surface area contributed by atoms with E-state index in [4.69, 9.17) is 5.73 Å². The van der Waals surface area contributed by atoms with Crippen molar-refractivity contribution in [3.63, 3.8) is 0 Å². The highest BCUT2D eigenvalue weighted by Crippen LogP contribution is 2.50. The molecule has 3 rings (SSSR count). The fraction of sp³-hybridized carbons (Fsp3) is 0.688. The van der Waals surface area contributed by atoms with Crippen LogP contribution in [0.4, 0.5) is 0 Å². The van der Waals surface area contributed by atoms with Crippen LogP contribution in [0.2, 0.25) is 0 Å². The molecule has 1 spiro atoms. The molecule has 3 heteroatoms. The summed E-state index contributed by atoms with van der Waals surface area (Å²) >= 11 is 0. The molecule has 2 aliphatic rings. The van der Waals surface area contributed by atoms with Gasteiger partial charge in [-0.05, 0) is 69.7 Å². The number of hydrogen-bond acceptors (Lipinski definition) is 3. The fourth-order valence-corrected chi connectivity index (χ4v) is 3.78. The highest BCUT2D eigenvalue weighted by molar-refractivity contribution is 5.35. The van der Waals surface area contributed by atoms with Crippen molar-refractivity contribution in [2.75, 3.05) is 13.1 Å². The number of pyridine rings is 1. The number of aromatic nitrogens is 1. The van der Waals surface area contributed by atoms with Gasteiger partial charge in [0.2, 0.25) is 0 Å². The molecule has 0 aromatic carbocycles. The third-order valence-electron chi connectivity index (χ3n) is 5.18. The van der Waals surface area contributed by atoms with Gasteiger partial charge in [0.05, 0.1) is 0 Å². The monoisotopic (exact) mass is 259 g/mol. The van der Waals surface area contributed by atoms with E-state index in [2.05, 4.69) is 36.7 Å². The van der Waals surface area contributed by atoms with Crippen LogP contribution >= 0.6 is 0 Å². The summed E-state index contributed by atoms with van der Waals surface area (Å²) in [4.78, 5) is 7.19. The molecule has 0 radical (unpaired) electrons. The molecule has 1 aromatic rings. The number of piperidine rings is 1. The van der Waals surface area contributed by atoms with Crippen LogP contribution in [0.3, 0.4) is 0 Å². The Labute approximate surface area is 116 Å². The van der Waals surface area contributed by atoms with E-state index < -0.39 is 0 Å². The first kappa shape index (κ1) is 13.1. The summed E-state index contributed by atoms with van der Waals surface area (Å²) in [5.41, 5.74) is 10.6. The van der Waals surface area contributed by atoms with Crippen LogP contribution in [0.25, 0.3) is 0 Å². The van der Waals surface area contributed by atoms with Gasteiger partial charge in [-0.15, -0.1) is 0 Å². The minimum Gasteiger partial charge on any atom is -0.323 e. The SMILES string of the molecule is Cc1cnc2c(c1)[C@H](N)C1(CCN(C(C)C)CC1)C2. The maximum absolute atomic E-state index is 6.59. The highest BCUT2D eigenvalue weighted by Gasteiger charge is 2.46. The van der Waals surface area contributed by atoms with Crippen LogP contribution in [0.1, 0.15) is 49.6 Å². The van der Waals surface area contributed by atoms with Crippen molar-refractivity contribution in [3.8, 4) is 0 Å². The standard InChI is InChI=1S/C16H25N3/c1-11(2)19-6-4-16(5-7-19)9-14-13(15(16)17)8-12(3)10-18-14/h8,10-11,15H,4-7,9,17H2,1-3H3/t15-/m0/s1. The van der Waals surface area contributed by atoms with Crippen molar-refractivity contribution >= 4 is 0 Å². The second-order valence-corrected chi connectivity index (χ2v) is 6.70. The summed E-state index contributed by atoms with van der Waals surface area (Å²) < 4.78 is 0. The van der Waals surface area contributed by atoms with Gasteiger partial charge < -0.3 is 10.6 Å². The molecule has 2 N–H and O–H groups in total. The average molecular weight is 259 g/mol. The quantitative estimate of drug-likeness (QED) is 0.842. The number of nitrogens with two attached hydrogens (primary N) is 1. The van der Waals surface area contributed by atoms with Crippen LogP contribution in [0.15, 0.2) is 12.3 Å². The largest absolute Gasteiger partial charge is 0.323 e. The molecule has 104 valence electrons. The van der Waals surface area contributed by atoms with Gasteiger partial charge >= 0.3 is 0 Å². The van der Waals surface area contributed by atoms with E-state index in [1.807, 2.05) is 6.20 Å². The maximum atomic E-state index is 6.59. The summed E-state index contributed by atoms with van der Waals surface area (Å²) in [5.74, 6) is 0. The lowest BCUT2D eigenvalue weighted by Gasteiger charge is -2.43. The minimum atomic E-state index is 0.184. The lowest BCUT2D eigenvalue weighted by atomic mass is 9.73. The number of rotatable bonds is 1. The lowest BCUT2D eigenvalue weighted by Crippen LogP contribution is -2.46. The number of likely N-dealkylation sites (tertiary alicyclic amines) is 1. The van der Waals surface area contributed by atoms with E-state index in [0.29, 0.717) is 6.04 Å². The van der Waals surface area contributed by atoms with Crippen LogP contribution in [-0.2, 0) is 6.42 Å². The maximum Gasteiger partial charge on any atom is 0.0457 e. The first-order chi connectivity index (χ1) is 9.02. The van der Waals surface area contributed by atoms with Crippen molar-refractivity contribution in [1.29, 1.82) is 0 Å². The molecule has 1 aromatic heterocycles. The lowest BCUT2D eigenvalue weighted by molar-refractivity contribution is 0.0708. The Balaban J connectivity index is 1.82. The summed E-state index contributed by atoms with van der Waals surface area (Å²) in [7, 11) is 0. The minimum absolute atomic E-state index is 0.184. The molecular weight excluding hydrogens is 234 g/mol. The number of hydrogen-bond donors (Lipinski definition) is 1. The van der Waals surface area contributed by atoms with E-state index in [1.54, 1.807) is 0 Å². The first-order valence-electron chi connectivity index (χ1n) is 7.47. The van der Waals surface area contributed by atoms with Gasteiger partial charge in [0.15, 0.2) is 0 Å². The van der Waals surface area contributed by atoms with Gasteiger partial charge in [-0.1, -0.05) is 6.07 Å². The summed E-state index contributed by atoms with van der Waals surface area (Å²) in [5, 5.41) is 0. The summed E-state index contributed by atoms with van der Waals surface area (Å²) in [6, 6.07) is 3.08. The van der Waals surface area contributed by atoms with Crippen LogP contribution in [0, 0.1) is 12.3 Å². The molecule has 3 nitrogen and oxygen atoms in total. The summed E-state index contributed by atoms with van der Waals surface area (Å²) in [6.45, 7) is 9.03. The van der Waals surface area contributed by atoms with Crippen molar-refractivity contribution in [2.24, 2.45) is 11.1 Å². The van der Waals surface area contributed by atoms with Crippen molar-refractivity contribution in [2.45, 2.75) is 52.1 Å². The van der Waals surface area contributed by atoms with Crippen LogP contribution in [-0.4, -0.2) is 29.0 Å². The van der Waals surface area contributed by atoms with Gasteiger partial charge in [0, 0.05) is 24.0 Å². The Morgan fingerprint density at radius 2 is 2.05 bits per heavy atom. The smallest absolute Gasteiger partial charge is 0.0457 e. The fourth-order valence-electron chi connectivity index (χ4n) is 3.78. The highest BCUT2D eigenvalue weighted by atomic mass is 15.2. The molecular formula is C16H25N3. The van der Waals surface area contributed by atoms with Crippen molar-refractivity contribution < 1.29 is 0 Å². The normalized spacial score (nSPS) is 26.1. The van der Waals surface area contributed by atoms with E-state index in [9.17, 15) is 0 Å². The molecule has 0 unspecified atom stereocenters. The molecule has 1 aliphatic heterocycles. The predicted octanol–water partition coefficient (Wildman–Crippen LogP) is 2.44. The molecule has 2 heterocycles. The zero-order valence-electron chi connectivity index (χ0n) is 12.3. The first-order valence-corrected chi connectivity index (χ1v) is 7.47. The van der Waals surface area contributed by atoms with E-state index >= 15 is 0 Å². The number of nitrogens with zero attached hydrogens (tertiary/aromatic N) is 2. The third-order valence-corrected chi connectivity index (χ3v) is 5.18. The molecule has 19 heavy (non-hydrogen) atoms. The van der Waals surface area contributed by atoms with Crippen molar-refractivity contribution in [3.05, 3.63) is 29.1 Å². The van der Waals surface area contributed by atoms with Gasteiger partial charge in [-0.3, -0.25) is 4.98 Å². The zero-order valence-corrected chi connectivity index (χ0v) is 12.3. The third kappa shape index (κ3) is 2.09. The molecule has 1 fully saturated rings. The number of fused-ring (bicyclic) bond motifs is 1. The molecule has 1 aliphatic carbocycles. The Bertz CT molecular complexity index is 473. The molecule has 1 atom stereocenters. The summed E-state index contributed by atoms with van der Waals surface area (Å²) in [6.07, 6.45) is 5.48. The van der Waals surface area contributed by atoms with Gasteiger partial charge in [0.1, 0.15) is 0 Å². The number of aryl methyl sites for hydroxylation is 1. The van der Waals surface area contributed by atoms with Crippen LogP contribution in [0.5, 0.6) is 0 Å². The average Bonchev–Trinajstić information content (AvgIpc) is 2.64. The van der Waals surface area contributed by atoms with Crippen LogP contribution < -0.4 is 5.73 Å². The second kappa shape index (κ2) is 4.57. The van der Waals surface area contributed by atoms with Gasteiger partial charge in [-0.2, -0.15) is 0 Å². The molecule has 1 saturated heterocycles. The Hall–Kier alpha value is -0.930. The van der Waals surface area contributed by atoms with Gasteiger partial charge in [0.25, 0.3) is 0 Å². The Kier molecular flexibility index (Phi) is 3.14. The van der Waals surface area contributed by atoms with Gasteiger partial charge in [-0.25, -0.2) is 0 Å². The molecule has 0 saturated carbocycles. The van der Waals surface area contributed by atoms with E-state index in [0.717, 1.165) is 6.42 Å².